The highest BCUT2D eigenvalue weighted by Crippen LogP contribution is 2.27. The van der Waals surface area contributed by atoms with Crippen molar-refractivity contribution in [3.05, 3.63) is 119 Å². The van der Waals surface area contributed by atoms with Gasteiger partial charge >= 0.3 is 5.82 Å². The number of nitrogens with zero attached hydrogens (tertiary/aromatic N) is 1. The quantitative estimate of drug-likeness (QED) is 0.233. The first-order chi connectivity index (χ1) is 17.5. The number of aromatic amines is 1. The number of H-pyrrole nitrogens is 1. The maximum Gasteiger partial charge on any atom is 0.334 e. The summed E-state index contributed by atoms with van der Waals surface area (Å²) in [5.41, 5.74) is 6.08. The van der Waals surface area contributed by atoms with Crippen LogP contribution < -0.4 is 14.0 Å². The van der Waals surface area contributed by atoms with Gasteiger partial charge in [-0.15, -0.1) is 0 Å². The zero-order chi connectivity index (χ0) is 25.1. The van der Waals surface area contributed by atoms with Gasteiger partial charge in [-0.3, -0.25) is 0 Å². The summed E-state index contributed by atoms with van der Waals surface area (Å²) in [6, 6.07) is 26.2. The van der Waals surface area contributed by atoms with Crippen LogP contribution in [0.2, 0.25) is 0 Å². The smallest absolute Gasteiger partial charge is 0.334 e. The lowest BCUT2D eigenvalue weighted by Gasteiger charge is -2.10. The lowest BCUT2D eigenvalue weighted by molar-refractivity contribution is -0.664. The number of methoxy groups -OCH3 is 1. The second-order valence-electron chi connectivity index (χ2n) is 8.66. The Morgan fingerprint density at radius 3 is 2.17 bits per heavy atom. The molecule has 5 rings (SSSR count). The van der Waals surface area contributed by atoms with Crippen molar-refractivity contribution in [2.75, 3.05) is 7.11 Å². The molecule has 1 N–H and O–H groups in total. The first-order valence-corrected chi connectivity index (χ1v) is 11.7. The molecule has 4 aromatic carbocycles. The van der Waals surface area contributed by atoms with E-state index in [4.69, 9.17) is 9.47 Å². The van der Waals surface area contributed by atoms with Gasteiger partial charge in [-0.25, -0.2) is 13.9 Å². The summed E-state index contributed by atoms with van der Waals surface area (Å²) in [7, 11) is 1.64. The van der Waals surface area contributed by atoms with Gasteiger partial charge in [0.2, 0.25) is 0 Å². The van der Waals surface area contributed by atoms with Crippen molar-refractivity contribution in [2.45, 2.75) is 20.4 Å². The lowest BCUT2D eigenvalue weighted by atomic mass is 10.0. The van der Waals surface area contributed by atoms with E-state index in [0.29, 0.717) is 6.54 Å². The number of para-hydroxylation sites is 2. The highest BCUT2D eigenvalue weighted by molar-refractivity contribution is 5.71. The molecule has 0 aliphatic heterocycles. The van der Waals surface area contributed by atoms with Crippen LogP contribution in [0.15, 0.2) is 84.9 Å². The van der Waals surface area contributed by atoms with Crippen LogP contribution in [0.4, 0.5) is 4.39 Å². The van der Waals surface area contributed by atoms with E-state index in [1.165, 1.54) is 12.1 Å². The summed E-state index contributed by atoms with van der Waals surface area (Å²) in [4.78, 5) is 3.44. The molecule has 36 heavy (non-hydrogen) atoms. The van der Waals surface area contributed by atoms with Crippen LogP contribution in [0.3, 0.4) is 0 Å². The van der Waals surface area contributed by atoms with E-state index in [-0.39, 0.29) is 5.82 Å². The van der Waals surface area contributed by atoms with Crippen LogP contribution in [0.25, 0.3) is 11.0 Å². The van der Waals surface area contributed by atoms with Crippen molar-refractivity contribution in [1.29, 1.82) is 0 Å². The monoisotopic (exact) mass is 477 g/mol. The predicted octanol–water partition coefficient (Wildman–Crippen LogP) is 6.46. The molecular weight excluding hydrogens is 451 g/mol. The van der Waals surface area contributed by atoms with Gasteiger partial charge < -0.3 is 9.47 Å². The minimum absolute atomic E-state index is 0.243. The Labute approximate surface area is 210 Å². The Morgan fingerprint density at radius 2 is 1.47 bits per heavy atom. The molecule has 178 valence electrons. The first kappa shape index (κ1) is 23.2. The molecule has 1 aromatic heterocycles. The number of benzene rings is 4. The standard InChI is InChI=1S/C31H25FN2O2/c1-21-18-27(36-26-14-12-25(35-3)13-15-26)19-22(2)28(21)16-17-31-33-29-6-4-5-7-30(29)34(31)20-23-8-10-24(32)11-9-23/h4-15,18-19H,20H2,1-3H3/p+1. The number of aromatic nitrogens is 2. The molecule has 4 nitrogen and oxygen atoms in total. The molecule has 0 atom stereocenters. The van der Waals surface area contributed by atoms with Gasteiger partial charge in [0, 0.05) is 11.5 Å². The highest BCUT2D eigenvalue weighted by atomic mass is 19.1. The molecule has 0 saturated heterocycles. The van der Waals surface area contributed by atoms with Gasteiger partial charge in [-0.1, -0.05) is 30.2 Å². The highest BCUT2D eigenvalue weighted by Gasteiger charge is 2.17. The molecule has 1 heterocycles. The van der Waals surface area contributed by atoms with Gasteiger partial charge in [-0.2, -0.15) is 0 Å². The lowest BCUT2D eigenvalue weighted by Crippen LogP contribution is -2.36. The minimum atomic E-state index is -0.243. The topological polar surface area (TPSA) is 38.1 Å². The van der Waals surface area contributed by atoms with Crippen LogP contribution in [-0.4, -0.2) is 12.1 Å². The maximum atomic E-state index is 13.4. The van der Waals surface area contributed by atoms with Crippen LogP contribution in [0, 0.1) is 31.5 Å². The van der Waals surface area contributed by atoms with Crippen LogP contribution in [-0.2, 0) is 6.54 Å². The fourth-order valence-electron chi connectivity index (χ4n) is 4.25. The van der Waals surface area contributed by atoms with Crippen molar-refractivity contribution in [3.63, 3.8) is 0 Å². The summed E-state index contributed by atoms with van der Waals surface area (Å²) in [5.74, 6) is 9.55. The average molecular weight is 478 g/mol. The number of hydrogen-bond acceptors (Lipinski definition) is 2. The maximum absolute atomic E-state index is 13.4. The summed E-state index contributed by atoms with van der Waals surface area (Å²) >= 11 is 0. The Balaban J connectivity index is 1.46. The molecule has 0 aliphatic rings. The zero-order valence-electron chi connectivity index (χ0n) is 20.4. The molecule has 0 unspecified atom stereocenters. The second-order valence-corrected chi connectivity index (χ2v) is 8.66. The molecule has 0 radical (unpaired) electrons. The first-order valence-electron chi connectivity index (χ1n) is 11.7. The predicted molar refractivity (Wildman–Crippen MR) is 139 cm³/mol. The van der Waals surface area contributed by atoms with Gasteiger partial charge in [0.1, 0.15) is 29.6 Å². The van der Waals surface area contributed by atoms with Crippen molar-refractivity contribution in [2.24, 2.45) is 0 Å². The van der Waals surface area contributed by atoms with Crippen LogP contribution in [0.5, 0.6) is 17.2 Å². The Hall–Kier alpha value is -4.56. The molecular formula is C31H26FN2O2+. The molecule has 5 aromatic rings. The number of ether oxygens (including phenoxy) is 2. The molecule has 0 fully saturated rings. The largest absolute Gasteiger partial charge is 0.497 e. The summed E-state index contributed by atoms with van der Waals surface area (Å²) in [6.07, 6.45) is 0. The van der Waals surface area contributed by atoms with Crippen molar-refractivity contribution in [1.82, 2.24) is 4.98 Å². The molecule has 0 amide bonds. The Bertz CT molecular complexity index is 1570. The zero-order valence-corrected chi connectivity index (χ0v) is 20.4. The van der Waals surface area contributed by atoms with E-state index in [0.717, 1.165) is 56.4 Å². The molecule has 0 aliphatic carbocycles. The Kier molecular flexibility index (Phi) is 6.42. The fourth-order valence-corrected chi connectivity index (χ4v) is 4.25. The fraction of sp³-hybridized carbons (Fsp3) is 0.129. The number of aryl methyl sites for hydroxylation is 2. The second kappa shape index (κ2) is 9.97. The van der Waals surface area contributed by atoms with Gasteiger partial charge in [-0.05, 0) is 91.2 Å². The normalized spacial score (nSPS) is 10.7. The number of rotatable bonds is 5. The van der Waals surface area contributed by atoms with E-state index in [9.17, 15) is 4.39 Å². The van der Waals surface area contributed by atoms with E-state index in [1.807, 2.05) is 68.4 Å². The molecule has 0 spiro atoms. The third kappa shape index (κ3) is 4.94. The number of fused-ring (bicyclic) bond motifs is 1. The van der Waals surface area contributed by atoms with Gasteiger partial charge in [0.25, 0.3) is 0 Å². The number of halogens is 1. The van der Waals surface area contributed by atoms with E-state index in [2.05, 4.69) is 27.5 Å². The Morgan fingerprint density at radius 1 is 0.806 bits per heavy atom. The van der Waals surface area contributed by atoms with Crippen molar-refractivity contribution < 1.29 is 18.4 Å². The number of imidazole rings is 1. The summed E-state index contributed by atoms with van der Waals surface area (Å²) < 4.78 is 26.8. The molecule has 5 heteroatoms. The van der Waals surface area contributed by atoms with E-state index in [1.54, 1.807) is 19.2 Å². The minimum Gasteiger partial charge on any atom is -0.497 e. The third-order valence-corrected chi connectivity index (χ3v) is 6.08. The number of hydrogen-bond donors (Lipinski definition) is 1. The third-order valence-electron chi connectivity index (χ3n) is 6.08. The molecule has 0 bridgehead atoms. The van der Waals surface area contributed by atoms with Crippen molar-refractivity contribution >= 4 is 11.0 Å². The van der Waals surface area contributed by atoms with Crippen LogP contribution in [0.1, 0.15) is 28.1 Å². The van der Waals surface area contributed by atoms with Gasteiger partial charge in [0.15, 0.2) is 11.0 Å². The number of nitrogens with one attached hydrogen (secondary N) is 1. The van der Waals surface area contributed by atoms with Crippen LogP contribution >= 0.6 is 0 Å². The van der Waals surface area contributed by atoms with E-state index >= 15 is 0 Å². The van der Waals surface area contributed by atoms with E-state index < -0.39 is 0 Å². The summed E-state index contributed by atoms with van der Waals surface area (Å²) in [6.45, 7) is 4.66. The average Bonchev–Trinajstić information content (AvgIpc) is 3.22. The SMILES string of the molecule is COc1ccc(Oc2cc(C)c(C#Cc3[nH]c4ccccc4[n+]3Cc3ccc(F)cc3)c(C)c2)cc1. The van der Waals surface area contributed by atoms with Crippen molar-refractivity contribution in [3.8, 4) is 29.1 Å². The van der Waals surface area contributed by atoms with Gasteiger partial charge in [0.05, 0.1) is 7.11 Å². The summed E-state index contributed by atoms with van der Waals surface area (Å²) in [5, 5.41) is 0. The molecule has 0 saturated carbocycles.